The second-order valence-corrected chi connectivity index (χ2v) is 6.19. The third kappa shape index (κ3) is 3.49. The summed E-state index contributed by atoms with van der Waals surface area (Å²) in [4.78, 5) is 16.5. The Morgan fingerprint density at radius 2 is 1.88 bits per heavy atom. The number of piperidine rings is 1. The Labute approximate surface area is 142 Å². The lowest BCUT2D eigenvalue weighted by Crippen LogP contribution is -2.35. The number of carbonyl (C=O) groups is 1. The Kier molecular flexibility index (Phi) is 5.27. The van der Waals surface area contributed by atoms with Crippen molar-refractivity contribution in [1.82, 2.24) is 24.7 Å². The smallest absolute Gasteiger partial charge is 0.223 e. The van der Waals surface area contributed by atoms with Crippen LogP contribution >= 0.6 is 0 Å². The van der Waals surface area contributed by atoms with Gasteiger partial charge in [-0.2, -0.15) is 4.52 Å². The molecule has 7 nitrogen and oxygen atoms in total. The molecule has 0 N–H and O–H groups in total. The molecule has 1 amide bonds. The molecule has 0 saturated carbocycles. The van der Waals surface area contributed by atoms with Gasteiger partial charge in [0.2, 0.25) is 5.91 Å². The fourth-order valence-corrected chi connectivity index (χ4v) is 3.22. The molecule has 0 bridgehead atoms. The predicted octanol–water partition coefficient (Wildman–Crippen LogP) is 1.92. The summed E-state index contributed by atoms with van der Waals surface area (Å²) in [6.07, 6.45) is 4.52. The summed E-state index contributed by atoms with van der Waals surface area (Å²) in [6, 6.07) is 3.91. The summed E-state index contributed by atoms with van der Waals surface area (Å²) in [5, 5.41) is 13.1. The zero-order valence-corrected chi connectivity index (χ0v) is 14.6. The van der Waals surface area contributed by atoms with Crippen molar-refractivity contribution in [2.45, 2.75) is 46.0 Å². The van der Waals surface area contributed by atoms with Crippen LogP contribution in [0.1, 0.15) is 45.4 Å². The third-order valence-corrected chi connectivity index (χ3v) is 4.67. The van der Waals surface area contributed by atoms with Gasteiger partial charge in [-0.15, -0.1) is 15.3 Å². The van der Waals surface area contributed by atoms with E-state index in [1.54, 1.807) is 4.52 Å². The van der Waals surface area contributed by atoms with Crippen LogP contribution in [-0.4, -0.2) is 56.8 Å². The molecule has 2 aromatic heterocycles. The Morgan fingerprint density at radius 1 is 1.12 bits per heavy atom. The van der Waals surface area contributed by atoms with Gasteiger partial charge in [0.1, 0.15) is 5.82 Å². The van der Waals surface area contributed by atoms with Gasteiger partial charge in [-0.3, -0.25) is 4.79 Å². The summed E-state index contributed by atoms with van der Waals surface area (Å²) in [5.41, 5.74) is 0.728. The molecule has 0 atom stereocenters. The minimum Gasteiger partial charge on any atom is -0.356 e. The second kappa shape index (κ2) is 7.59. The van der Waals surface area contributed by atoms with E-state index >= 15 is 0 Å². The minimum absolute atomic E-state index is 0.214. The predicted molar refractivity (Wildman–Crippen MR) is 93.1 cm³/mol. The number of hydrogen-bond acceptors (Lipinski definition) is 5. The molecule has 0 spiro atoms. The molecule has 24 heavy (non-hydrogen) atoms. The van der Waals surface area contributed by atoms with E-state index in [2.05, 4.69) is 34.0 Å². The molecule has 0 aromatic carbocycles. The lowest BCUT2D eigenvalue weighted by Gasteiger charge is -2.26. The van der Waals surface area contributed by atoms with Gasteiger partial charge in [0.15, 0.2) is 11.5 Å². The fourth-order valence-electron chi connectivity index (χ4n) is 3.22. The number of nitrogens with zero attached hydrogens (tertiary/aromatic N) is 6. The van der Waals surface area contributed by atoms with E-state index < -0.39 is 0 Å². The van der Waals surface area contributed by atoms with Crippen LogP contribution in [0.5, 0.6) is 0 Å². The zero-order valence-electron chi connectivity index (χ0n) is 14.6. The first-order valence-corrected chi connectivity index (χ1v) is 8.97. The third-order valence-electron chi connectivity index (χ3n) is 4.67. The standard InChI is InChI=1S/C17H26N6O/c1-3-21(4-2)16-9-8-14-18-19-15(23(14)20-16)10-11-17(24)22-12-6-5-7-13-22/h8-9H,3-7,10-13H2,1-2H3. The molecular formula is C17H26N6O. The van der Waals surface area contributed by atoms with Gasteiger partial charge < -0.3 is 9.80 Å². The normalized spacial score (nSPS) is 15.0. The van der Waals surface area contributed by atoms with Crippen LogP contribution in [0.4, 0.5) is 5.82 Å². The number of carbonyl (C=O) groups excluding carboxylic acids is 1. The van der Waals surface area contributed by atoms with Crippen molar-refractivity contribution in [3.8, 4) is 0 Å². The average Bonchev–Trinajstić information content (AvgIpc) is 3.04. The first-order valence-electron chi connectivity index (χ1n) is 8.97. The maximum Gasteiger partial charge on any atom is 0.223 e. The summed E-state index contributed by atoms with van der Waals surface area (Å²) in [7, 11) is 0. The molecule has 130 valence electrons. The summed E-state index contributed by atoms with van der Waals surface area (Å²) < 4.78 is 1.77. The van der Waals surface area contributed by atoms with E-state index in [1.165, 1.54) is 6.42 Å². The second-order valence-electron chi connectivity index (χ2n) is 6.19. The number of likely N-dealkylation sites (tertiary alicyclic amines) is 1. The number of aromatic nitrogens is 4. The Balaban J connectivity index is 1.72. The maximum atomic E-state index is 12.3. The minimum atomic E-state index is 0.214. The molecule has 2 aromatic rings. The lowest BCUT2D eigenvalue weighted by molar-refractivity contribution is -0.132. The molecule has 0 aliphatic carbocycles. The molecule has 1 aliphatic heterocycles. The van der Waals surface area contributed by atoms with E-state index in [0.717, 1.165) is 56.3 Å². The number of rotatable bonds is 6. The molecule has 1 aliphatic rings. The van der Waals surface area contributed by atoms with Gasteiger partial charge in [-0.1, -0.05) is 0 Å². The van der Waals surface area contributed by atoms with Crippen molar-refractivity contribution < 1.29 is 4.79 Å². The van der Waals surface area contributed by atoms with E-state index in [0.29, 0.717) is 12.8 Å². The highest BCUT2D eigenvalue weighted by Crippen LogP contribution is 2.14. The van der Waals surface area contributed by atoms with Crippen molar-refractivity contribution in [3.63, 3.8) is 0 Å². The average molecular weight is 330 g/mol. The number of aryl methyl sites for hydroxylation is 1. The van der Waals surface area contributed by atoms with Gasteiger partial charge in [-0.05, 0) is 45.2 Å². The highest BCUT2D eigenvalue weighted by atomic mass is 16.2. The first-order chi connectivity index (χ1) is 11.7. The zero-order chi connectivity index (χ0) is 16.9. The van der Waals surface area contributed by atoms with E-state index in [-0.39, 0.29) is 5.91 Å². The molecule has 1 fully saturated rings. The molecule has 1 saturated heterocycles. The van der Waals surface area contributed by atoms with Gasteiger partial charge in [0.05, 0.1) is 0 Å². The van der Waals surface area contributed by atoms with Crippen LogP contribution in [0, 0.1) is 0 Å². The highest BCUT2D eigenvalue weighted by molar-refractivity contribution is 5.76. The summed E-state index contributed by atoms with van der Waals surface area (Å²) in [5.74, 6) is 1.88. The highest BCUT2D eigenvalue weighted by Gasteiger charge is 2.18. The van der Waals surface area contributed by atoms with Crippen LogP contribution in [-0.2, 0) is 11.2 Å². The SMILES string of the molecule is CCN(CC)c1ccc2nnc(CCC(=O)N3CCCCC3)n2n1. The van der Waals surface area contributed by atoms with Crippen LogP contribution in [0.15, 0.2) is 12.1 Å². The Bertz CT molecular complexity index is 687. The topological polar surface area (TPSA) is 66.6 Å². The number of amides is 1. The van der Waals surface area contributed by atoms with Crippen molar-refractivity contribution in [2.75, 3.05) is 31.1 Å². The van der Waals surface area contributed by atoms with Crippen molar-refractivity contribution in [1.29, 1.82) is 0 Å². The number of hydrogen-bond donors (Lipinski definition) is 0. The summed E-state index contributed by atoms with van der Waals surface area (Å²) >= 11 is 0. The summed E-state index contributed by atoms with van der Waals surface area (Å²) in [6.45, 7) is 7.81. The Morgan fingerprint density at radius 3 is 2.58 bits per heavy atom. The quantitative estimate of drug-likeness (QED) is 0.809. The van der Waals surface area contributed by atoms with Crippen molar-refractivity contribution in [2.24, 2.45) is 0 Å². The van der Waals surface area contributed by atoms with Gasteiger partial charge in [0, 0.05) is 39.0 Å². The molecule has 3 heterocycles. The monoisotopic (exact) mass is 330 g/mol. The van der Waals surface area contributed by atoms with Crippen molar-refractivity contribution >= 4 is 17.4 Å². The van der Waals surface area contributed by atoms with Crippen LogP contribution in [0.3, 0.4) is 0 Å². The fraction of sp³-hybridized carbons (Fsp3) is 0.647. The number of anilines is 1. The maximum absolute atomic E-state index is 12.3. The largest absolute Gasteiger partial charge is 0.356 e. The van der Waals surface area contributed by atoms with E-state index in [9.17, 15) is 4.79 Å². The molecule has 0 radical (unpaired) electrons. The number of fused-ring (bicyclic) bond motifs is 1. The molecule has 0 unspecified atom stereocenters. The van der Waals surface area contributed by atoms with Gasteiger partial charge in [-0.25, -0.2) is 0 Å². The molecule has 7 heteroatoms. The van der Waals surface area contributed by atoms with E-state index in [1.807, 2.05) is 17.0 Å². The Hall–Kier alpha value is -2.18. The van der Waals surface area contributed by atoms with Crippen molar-refractivity contribution in [3.05, 3.63) is 18.0 Å². The first kappa shape index (κ1) is 16.7. The van der Waals surface area contributed by atoms with Crippen LogP contribution < -0.4 is 4.90 Å². The van der Waals surface area contributed by atoms with Gasteiger partial charge in [0.25, 0.3) is 0 Å². The van der Waals surface area contributed by atoms with Gasteiger partial charge >= 0.3 is 0 Å². The molecule has 3 rings (SSSR count). The lowest BCUT2D eigenvalue weighted by atomic mass is 10.1. The molecular weight excluding hydrogens is 304 g/mol. The van der Waals surface area contributed by atoms with Crippen LogP contribution in [0.25, 0.3) is 5.65 Å². The van der Waals surface area contributed by atoms with E-state index in [4.69, 9.17) is 0 Å². The van der Waals surface area contributed by atoms with Crippen LogP contribution in [0.2, 0.25) is 0 Å².